The second kappa shape index (κ2) is 12.1. The van der Waals surface area contributed by atoms with Crippen molar-refractivity contribution in [2.24, 2.45) is 0 Å². The standard InChI is InChI=1S/C24H24N6O.C5H6N2.2H2/c31-28-21-6-3-19(4-7-21)20-5-8-22-23(14-20)27-24(16-26-22)30-12-10-29(11-13-30)17-18-2-1-9-25-15-18;6-5-3-1-2-4-7-5;;/h1-9,14-16,28,31H,10-13,17H2;1-4H,(H2,6,7);2*1H. The van der Waals surface area contributed by atoms with Gasteiger partial charge in [0.15, 0.2) is 0 Å². The summed E-state index contributed by atoms with van der Waals surface area (Å²) in [6.45, 7) is 4.75. The number of hydrogen-bond donors (Lipinski definition) is 3. The van der Waals surface area contributed by atoms with Crippen molar-refractivity contribution >= 4 is 28.4 Å². The van der Waals surface area contributed by atoms with Crippen molar-refractivity contribution in [3.05, 3.63) is 103 Å². The smallest absolute Gasteiger partial charge is 0.147 e. The van der Waals surface area contributed by atoms with Crippen LogP contribution in [-0.4, -0.2) is 56.2 Å². The lowest BCUT2D eigenvalue weighted by atomic mass is 10.0. The lowest BCUT2D eigenvalue weighted by Gasteiger charge is -2.35. The normalized spacial score (nSPS) is 13.6. The van der Waals surface area contributed by atoms with Gasteiger partial charge in [-0.05, 0) is 59.2 Å². The Balaban J connectivity index is 0.000000431. The number of nitrogens with zero attached hydrogens (tertiary/aromatic N) is 6. The number of aromatic nitrogens is 4. The topological polar surface area (TPSA) is 116 Å². The predicted octanol–water partition coefficient (Wildman–Crippen LogP) is 4.97. The Morgan fingerprint density at radius 2 is 1.63 bits per heavy atom. The van der Waals surface area contributed by atoms with E-state index in [1.54, 1.807) is 12.3 Å². The summed E-state index contributed by atoms with van der Waals surface area (Å²) in [5.74, 6) is 1.49. The average Bonchev–Trinajstić information content (AvgIpc) is 2.98. The van der Waals surface area contributed by atoms with E-state index in [9.17, 15) is 0 Å². The molecule has 4 heterocycles. The summed E-state index contributed by atoms with van der Waals surface area (Å²) >= 11 is 0. The van der Waals surface area contributed by atoms with Gasteiger partial charge in [-0.3, -0.25) is 25.6 Å². The number of anilines is 3. The zero-order chi connectivity index (χ0) is 26.2. The van der Waals surface area contributed by atoms with E-state index in [0.29, 0.717) is 11.5 Å². The largest absolute Gasteiger partial charge is 0.384 e. The third-order valence-electron chi connectivity index (χ3n) is 6.39. The number of fused-ring (bicyclic) bond motifs is 1. The summed E-state index contributed by atoms with van der Waals surface area (Å²) in [6, 6.07) is 23.3. The highest BCUT2D eigenvalue weighted by atomic mass is 16.5. The van der Waals surface area contributed by atoms with E-state index >= 15 is 0 Å². The highest BCUT2D eigenvalue weighted by Gasteiger charge is 2.19. The monoisotopic (exact) mass is 510 g/mol. The molecule has 2 aromatic carbocycles. The van der Waals surface area contributed by atoms with Crippen LogP contribution >= 0.6 is 0 Å². The number of hydrogen-bond acceptors (Lipinski definition) is 9. The van der Waals surface area contributed by atoms with Crippen LogP contribution in [0.1, 0.15) is 8.42 Å². The molecule has 1 aliphatic rings. The van der Waals surface area contributed by atoms with Crippen molar-refractivity contribution in [3.8, 4) is 11.1 Å². The number of nitrogens with two attached hydrogens (primary N) is 1. The first-order valence-electron chi connectivity index (χ1n) is 12.5. The first-order chi connectivity index (χ1) is 18.7. The molecule has 0 amide bonds. The van der Waals surface area contributed by atoms with E-state index in [0.717, 1.165) is 60.7 Å². The maximum absolute atomic E-state index is 9.01. The van der Waals surface area contributed by atoms with Crippen molar-refractivity contribution in [1.82, 2.24) is 24.8 Å². The van der Waals surface area contributed by atoms with E-state index < -0.39 is 0 Å². The molecule has 9 heteroatoms. The van der Waals surface area contributed by atoms with Gasteiger partial charge in [-0.25, -0.2) is 9.97 Å². The molecule has 3 aromatic heterocycles. The number of pyridine rings is 2. The zero-order valence-corrected chi connectivity index (χ0v) is 21.0. The molecule has 6 rings (SSSR count). The first kappa shape index (κ1) is 25.1. The van der Waals surface area contributed by atoms with Crippen molar-refractivity contribution in [2.75, 3.05) is 42.3 Å². The first-order valence-corrected chi connectivity index (χ1v) is 12.5. The SMILES string of the molecule is Nc1ccccn1.ONc1ccc(-c2ccc3ncc(N4CCN(Cc5cccnc5)CC4)nc3c2)cc1.[HH].[HH]. The number of benzene rings is 2. The fourth-order valence-corrected chi connectivity index (χ4v) is 4.33. The minimum absolute atomic E-state index is 0. The Hall–Kier alpha value is -4.60. The summed E-state index contributed by atoms with van der Waals surface area (Å²) in [5, 5.41) is 9.01. The van der Waals surface area contributed by atoms with Crippen molar-refractivity contribution < 1.29 is 8.06 Å². The molecule has 0 aliphatic carbocycles. The van der Waals surface area contributed by atoms with Gasteiger partial charge in [-0.1, -0.05) is 30.3 Å². The summed E-state index contributed by atoms with van der Waals surface area (Å²) < 4.78 is 0. The lowest BCUT2D eigenvalue weighted by Crippen LogP contribution is -2.46. The third kappa shape index (κ3) is 6.39. The number of rotatable bonds is 5. The summed E-state index contributed by atoms with van der Waals surface area (Å²) in [7, 11) is 0. The predicted molar refractivity (Wildman–Crippen MR) is 155 cm³/mol. The van der Waals surface area contributed by atoms with Crippen LogP contribution in [-0.2, 0) is 6.54 Å². The Kier molecular flexibility index (Phi) is 7.98. The summed E-state index contributed by atoms with van der Waals surface area (Å²) in [5.41, 5.74) is 13.2. The molecule has 38 heavy (non-hydrogen) atoms. The van der Waals surface area contributed by atoms with E-state index in [1.165, 1.54) is 5.56 Å². The van der Waals surface area contributed by atoms with Gasteiger partial charge < -0.3 is 10.6 Å². The zero-order valence-electron chi connectivity index (χ0n) is 21.0. The third-order valence-corrected chi connectivity index (χ3v) is 6.39. The summed E-state index contributed by atoms with van der Waals surface area (Å²) in [4.78, 5) is 22.3. The van der Waals surface area contributed by atoms with Crippen LogP contribution in [0.15, 0.2) is 97.6 Å². The van der Waals surface area contributed by atoms with E-state index in [4.69, 9.17) is 15.9 Å². The molecule has 9 nitrogen and oxygen atoms in total. The van der Waals surface area contributed by atoms with Crippen LogP contribution in [0.3, 0.4) is 0 Å². The molecule has 1 saturated heterocycles. The van der Waals surface area contributed by atoms with Crippen molar-refractivity contribution in [2.45, 2.75) is 6.54 Å². The molecule has 0 spiro atoms. The van der Waals surface area contributed by atoms with Crippen molar-refractivity contribution in [1.29, 1.82) is 0 Å². The second-order valence-corrected chi connectivity index (χ2v) is 9.00. The van der Waals surface area contributed by atoms with Crippen LogP contribution in [0.2, 0.25) is 0 Å². The molecule has 0 saturated carbocycles. The molecule has 0 atom stereocenters. The highest BCUT2D eigenvalue weighted by Crippen LogP contribution is 2.25. The Morgan fingerprint density at radius 1 is 0.816 bits per heavy atom. The Labute approximate surface area is 224 Å². The molecular weight excluding hydrogens is 476 g/mol. The highest BCUT2D eigenvalue weighted by molar-refractivity contribution is 5.82. The molecule has 0 radical (unpaired) electrons. The minimum Gasteiger partial charge on any atom is -0.384 e. The maximum Gasteiger partial charge on any atom is 0.147 e. The van der Waals surface area contributed by atoms with Crippen LogP contribution in [0.25, 0.3) is 22.2 Å². The van der Waals surface area contributed by atoms with Gasteiger partial charge >= 0.3 is 0 Å². The fraction of sp³-hybridized carbons (Fsp3) is 0.172. The van der Waals surface area contributed by atoms with Crippen LogP contribution in [0.4, 0.5) is 17.3 Å². The fourth-order valence-electron chi connectivity index (χ4n) is 4.33. The van der Waals surface area contributed by atoms with E-state index in [-0.39, 0.29) is 2.85 Å². The molecule has 1 fully saturated rings. The van der Waals surface area contributed by atoms with Gasteiger partial charge in [0, 0.05) is 54.2 Å². The van der Waals surface area contributed by atoms with E-state index in [1.807, 2.05) is 67.1 Å². The molecule has 1 aliphatic heterocycles. The molecular formula is C29H34N8O. The Bertz CT molecular complexity index is 1450. The van der Waals surface area contributed by atoms with Gasteiger partial charge in [0.1, 0.15) is 11.6 Å². The van der Waals surface area contributed by atoms with Gasteiger partial charge in [0.05, 0.1) is 22.9 Å². The van der Waals surface area contributed by atoms with Gasteiger partial charge in [-0.15, -0.1) is 0 Å². The molecule has 5 aromatic rings. The number of nitrogens with one attached hydrogen (secondary N) is 1. The van der Waals surface area contributed by atoms with Gasteiger partial charge in [-0.2, -0.15) is 0 Å². The molecule has 196 valence electrons. The van der Waals surface area contributed by atoms with Gasteiger partial charge in [0.2, 0.25) is 0 Å². The van der Waals surface area contributed by atoms with Gasteiger partial charge in [0.25, 0.3) is 0 Å². The second-order valence-electron chi connectivity index (χ2n) is 9.00. The molecule has 0 unspecified atom stereocenters. The minimum atomic E-state index is 0. The average molecular weight is 511 g/mol. The molecule has 0 bridgehead atoms. The van der Waals surface area contributed by atoms with Crippen LogP contribution < -0.4 is 16.1 Å². The number of nitrogen functional groups attached to an aromatic ring is 1. The van der Waals surface area contributed by atoms with E-state index in [2.05, 4.69) is 48.4 Å². The molecule has 4 N–H and O–H groups in total. The van der Waals surface area contributed by atoms with Crippen molar-refractivity contribution in [3.63, 3.8) is 0 Å². The number of piperazine rings is 1. The quantitative estimate of drug-likeness (QED) is 0.282. The van der Waals surface area contributed by atoms with Crippen LogP contribution in [0.5, 0.6) is 0 Å². The summed E-state index contributed by atoms with van der Waals surface area (Å²) in [6.07, 6.45) is 7.29. The lowest BCUT2D eigenvalue weighted by molar-refractivity contribution is 0.249. The Morgan fingerprint density at radius 3 is 2.29 bits per heavy atom. The maximum atomic E-state index is 9.01. The van der Waals surface area contributed by atoms with Crippen LogP contribution in [0, 0.1) is 0 Å².